The molecule has 1 rings (SSSR count). The first-order valence-electron chi connectivity index (χ1n) is 6.58. The first kappa shape index (κ1) is 14.5. The van der Waals surface area contributed by atoms with Crippen LogP contribution in [0, 0.1) is 5.92 Å². The van der Waals surface area contributed by atoms with Crippen molar-refractivity contribution in [2.24, 2.45) is 5.92 Å². The Morgan fingerprint density at radius 2 is 2.12 bits per heavy atom. The SMILES string of the molecule is COCCN(CC(=O)O)C1CCCC(C)CC1. The van der Waals surface area contributed by atoms with Gasteiger partial charge in [0.2, 0.25) is 0 Å². The van der Waals surface area contributed by atoms with Crippen LogP contribution in [0.15, 0.2) is 0 Å². The molecule has 0 aromatic heterocycles. The van der Waals surface area contributed by atoms with E-state index in [4.69, 9.17) is 9.84 Å². The third kappa shape index (κ3) is 5.50. The number of carboxylic acids is 1. The molecule has 1 fully saturated rings. The second-order valence-electron chi connectivity index (χ2n) is 5.12. The summed E-state index contributed by atoms with van der Waals surface area (Å²) < 4.78 is 5.06. The van der Waals surface area contributed by atoms with E-state index in [0.717, 1.165) is 25.3 Å². The fraction of sp³-hybridized carbons (Fsp3) is 0.923. The Hall–Kier alpha value is -0.610. The fourth-order valence-electron chi connectivity index (χ4n) is 2.61. The number of rotatable bonds is 6. The molecular formula is C13H25NO3. The van der Waals surface area contributed by atoms with Crippen LogP contribution in [-0.4, -0.2) is 48.8 Å². The van der Waals surface area contributed by atoms with Crippen molar-refractivity contribution in [3.63, 3.8) is 0 Å². The lowest BCUT2D eigenvalue weighted by molar-refractivity contribution is -0.139. The summed E-state index contributed by atoms with van der Waals surface area (Å²) in [6.45, 7) is 3.77. The van der Waals surface area contributed by atoms with Crippen LogP contribution < -0.4 is 0 Å². The third-order valence-electron chi connectivity index (χ3n) is 3.66. The van der Waals surface area contributed by atoms with Gasteiger partial charge in [0, 0.05) is 19.7 Å². The standard InChI is InChI=1S/C13H25NO3/c1-11-4-3-5-12(7-6-11)14(8-9-17-2)10-13(15)16/h11-12H,3-10H2,1-2H3,(H,15,16). The predicted molar refractivity (Wildman–Crippen MR) is 67.1 cm³/mol. The van der Waals surface area contributed by atoms with E-state index in [1.807, 2.05) is 0 Å². The normalized spacial score (nSPS) is 25.8. The topological polar surface area (TPSA) is 49.8 Å². The summed E-state index contributed by atoms with van der Waals surface area (Å²) in [5.74, 6) is 0.0486. The average molecular weight is 243 g/mol. The van der Waals surface area contributed by atoms with E-state index in [-0.39, 0.29) is 6.54 Å². The highest BCUT2D eigenvalue weighted by Crippen LogP contribution is 2.25. The molecule has 0 aliphatic heterocycles. The summed E-state index contributed by atoms with van der Waals surface area (Å²) in [5, 5.41) is 8.95. The highest BCUT2D eigenvalue weighted by molar-refractivity contribution is 5.69. The lowest BCUT2D eigenvalue weighted by atomic mass is 10.0. The van der Waals surface area contributed by atoms with Crippen molar-refractivity contribution >= 4 is 5.97 Å². The molecule has 0 bridgehead atoms. The molecule has 0 spiro atoms. The minimum absolute atomic E-state index is 0.141. The first-order chi connectivity index (χ1) is 8.13. The van der Waals surface area contributed by atoms with Gasteiger partial charge in [-0.1, -0.05) is 19.8 Å². The molecule has 0 saturated heterocycles. The van der Waals surface area contributed by atoms with E-state index in [1.54, 1.807) is 7.11 Å². The molecule has 2 unspecified atom stereocenters. The van der Waals surface area contributed by atoms with Crippen LogP contribution in [0.4, 0.5) is 0 Å². The highest BCUT2D eigenvalue weighted by Gasteiger charge is 2.23. The maximum Gasteiger partial charge on any atom is 0.317 e. The van der Waals surface area contributed by atoms with Crippen LogP contribution >= 0.6 is 0 Å². The van der Waals surface area contributed by atoms with Crippen molar-refractivity contribution in [3.8, 4) is 0 Å². The zero-order chi connectivity index (χ0) is 12.7. The maximum absolute atomic E-state index is 10.9. The summed E-state index contributed by atoms with van der Waals surface area (Å²) in [5.41, 5.74) is 0. The van der Waals surface area contributed by atoms with Gasteiger partial charge in [0.1, 0.15) is 0 Å². The van der Waals surface area contributed by atoms with Gasteiger partial charge in [0.25, 0.3) is 0 Å². The van der Waals surface area contributed by atoms with E-state index >= 15 is 0 Å². The van der Waals surface area contributed by atoms with Crippen molar-refractivity contribution < 1.29 is 14.6 Å². The lowest BCUT2D eigenvalue weighted by Crippen LogP contribution is -2.40. The summed E-state index contributed by atoms with van der Waals surface area (Å²) in [6.07, 6.45) is 5.96. The molecule has 1 aliphatic rings. The molecule has 100 valence electrons. The number of methoxy groups -OCH3 is 1. The third-order valence-corrected chi connectivity index (χ3v) is 3.66. The molecule has 1 N–H and O–H groups in total. The van der Waals surface area contributed by atoms with E-state index < -0.39 is 5.97 Å². The Morgan fingerprint density at radius 1 is 1.35 bits per heavy atom. The quantitative estimate of drug-likeness (QED) is 0.725. The molecule has 17 heavy (non-hydrogen) atoms. The summed E-state index contributed by atoms with van der Waals surface area (Å²) >= 11 is 0. The number of hydrogen-bond donors (Lipinski definition) is 1. The second kappa shape index (κ2) is 7.67. The van der Waals surface area contributed by atoms with Gasteiger partial charge in [-0.25, -0.2) is 0 Å². The molecular weight excluding hydrogens is 218 g/mol. The van der Waals surface area contributed by atoms with Crippen molar-refractivity contribution in [1.82, 2.24) is 4.90 Å². The molecule has 0 heterocycles. The molecule has 0 amide bonds. The monoisotopic (exact) mass is 243 g/mol. The fourth-order valence-corrected chi connectivity index (χ4v) is 2.61. The minimum Gasteiger partial charge on any atom is -0.480 e. The molecule has 4 nitrogen and oxygen atoms in total. The number of hydrogen-bond acceptors (Lipinski definition) is 3. The smallest absolute Gasteiger partial charge is 0.317 e. The molecule has 1 aliphatic carbocycles. The zero-order valence-electron chi connectivity index (χ0n) is 11.0. The number of aliphatic carboxylic acids is 1. The Bertz CT molecular complexity index is 233. The molecule has 4 heteroatoms. The predicted octanol–water partition coefficient (Wildman–Crippen LogP) is 1.99. The van der Waals surface area contributed by atoms with Crippen LogP contribution in [0.3, 0.4) is 0 Å². The summed E-state index contributed by atoms with van der Waals surface area (Å²) in [7, 11) is 1.66. The van der Waals surface area contributed by atoms with Crippen LogP contribution in [0.25, 0.3) is 0 Å². The van der Waals surface area contributed by atoms with Crippen molar-refractivity contribution in [2.45, 2.75) is 45.1 Å². The summed E-state index contributed by atoms with van der Waals surface area (Å²) in [6, 6.07) is 0.422. The van der Waals surface area contributed by atoms with Gasteiger partial charge in [0.05, 0.1) is 13.2 Å². The lowest BCUT2D eigenvalue weighted by Gasteiger charge is -2.29. The van der Waals surface area contributed by atoms with Gasteiger partial charge in [-0.2, -0.15) is 0 Å². The van der Waals surface area contributed by atoms with Gasteiger partial charge in [-0.3, -0.25) is 9.69 Å². The van der Waals surface area contributed by atoms with Gasteiger partial charge < -0.3 is 9.84 Å². The largest absolute Gasteiger partial charge is 0.480 e. The van der Waals surface area contributed by atoms with Crippen LogP contribution in [0.1, 0.15) is 39.0 Å². The zero-order valence-corrected chi connectivity index (χ0v) is 11.0. The second-order valence-corrected chi connectivity index (χ2v) is 5.12. The molecule has 0 aromatic rings. The molecule has 1 saturated carbocycles. The number of carbonyl (C=O) groups is 1. The maximum atomic E-state index is 10.9. The Kier molecular flexibility index (Phi) is 6.52. The van der Waals surface area contributed by atoms with Crippen molar-refractivity contribution in [3.05, 3.63) is 0 Å². The van der Waals surface area contributed by atoms with Crippen molar-refractivity contribution in [2.75, 3.05) is 26.8 Å². The van der Waals surface area contributed by atoms with E-state index in [2.05, 4.69) is 11.8 Å². The molecule has 0 aromatic carbocycles. The minimum atomic E-state index is -0.738. The number of ether oxygens (including phenoxy) is 1. The van der Waals surface area contributed by atoms with Gasteiger partial charge in [-0.05, 0) is 25.2 Å². The van der Waals surface area contributed by atoms with Gasteiger partial charge in [0.15, 0.2) is 0 Å². The highest BCUT2D eigenvalue weighted by atomic mass is 16.5. The van der Waals surface area contributed by atoms with Gasteiger partial charge in [-0.15, -0.1) is 0 Å². The van der Waals surface area contributed by atoms with Crippen LogP contribution in [0.2, 0.25) is 0 Å². The summed E-state index contributed by atoms with van der Waals surface area (Å²) in [4.78, 5) is 13.0. The van der Waals surface area contributed by atoms with Crippen LogP contribution in [0.5, 0.6) is 0 Å². The molecule has 2 atom stereocenters. The van der Waals surface area contributed by atoms with E-state index in [9.17, 15) is 4.79 Å². The average Bonchev–Trinajstić information content (AvgIpc) is 2.49. The number of nitrogens with zero attached hydrogens (tertiary/aromatic N) is 1. The first-order valence-corrected chi connectivity index (χ1v) is 6.58. The van der Waals surface area contributed by atoms with Crippen molar-refractivity contribution in [1.29, 1.82) is 0 Å². The van der Waals surface area contributed by atoms with Crippen LogP contribution in [-0.2, 0) is 9.53 Å². The number of carboxylic acid groups (broad SMARTS) is 1. The van der Waals surface area contributed by atoms with Gasteiger partial charge >= 0.3 is 5.97 Å². The Balaban J connectivity index is 2.50. The van der Waals surface area contributed by atoms with E-state index in [0.29, 0.717) is 12.6 Å². The Labute approximate surface area is 104 Å². The molecule has 0 radical (unpaired) electrons. The Morgan fingerprint density at radius 3 is 2.76 bits per heavy atom. The van der Waals surface area contributed by atoms with E-state index in [1.165, 1.54) is 19.3 Å².